The summed E-state index contributed by atoms with van der Waals surface area (Å²) in [4.78, 5) is 23.1. The molecule has 0 unspecified atom stereocenters. The number of hydrogen-bond donors (Lipinski definition) is 3. The molecule has 4 N–H and O–H groups in total. The Labute approximate surface area is 116 Å². The van der Waals surface area contributed by atoms with Gasteiger partial charge in [0.25, 0.3) is 5.91 Å². The van der Waals surface area contributed by atoms with Gasteiger partial charge in [0.1, 0.15) is 6.04 Å². The number of nitrogens with two attached hydrogens (primary N) is 1. The largest absolute Gasteiger partial charge is 0.480 e. The second-order valence-corrected chi connectivity index (χ2v) is 4.82. The van der Waals surface area contributed by atoms with E-state index >= 15 is 0 Å². The highest BCUT2D eigenvalue weighted by Crippen LogP contribution is 2.20. The lowest BCUT2D eigenvalue weighted by molar-refractivity contribution is -0.140. The Bertz CT molecular complexity index is 491. The molecule has 19 heavy (non-hydrogen) atoms. The van der Waals surface area contributed by atoms with Crippen molar-refractivity contribution in [1.82, 2.24) is 5.32 Å². The molecular weight excluding hydrogens is 268 g/mol. The number of amides is 1. The Kier molecular flexibility index (Phi) is 5.18. The van der Waals surface area contributed by atoms with Gasteiger partial charge in [-0.1, -0.05) is 31.9 Å². The number of rotatable bonds is 5. The van der Waals surface area contributed by atoms with Crippen molar-refractivity contribution in [2.75, 3.05) is 5.73 Å². The van der Waals surface area contributed by atoms with E-state index in [1.165, 1.54) is 18.2 Å². The van der Waals surface area contributed by atoms with Crippen molar-refractivity contribution in [1.29, 1.82) is 0 Å². The molecule has 0 saturated carbocycles. The van der Waals surface area contributed by atoms with Crippen LogP contribution in [0, 0.1) is 5.92 Å². The first-order valence-corrected chi connectivity index (χ1v) is 6.33. The third kappa shape index (κ3) is 3.86. The van der Waals surface area contributed by atoms with Crippen molar-refractivity contribution >= 4 is 29.2 Å². The lowest BCUT2D eigenvalue weighted by atomic mass is 9.99. The zero-order chi connectivity index (χ0) is 14.6. The fourth-order valence-corrected chi connectivity index (χ4v) is 1.76. The number of carboxylic acid groups (broad SMARTS) is 1. The van der Waals surface area contributed by atoms with Crippen LogP contribution in [0.3, 0.4) is 0 Å². The molecule has 1 aromatic rings. The molecule has 1 rings (SSSR count). The molecule has 0 aliphatic rings. The first-order valence-electron chi connectivity index (χ1n) is 5.95. The van der Waals surface area contributed by atoms with Crippen molar-refractivity contribution in [2.45, 2.75) is 26.3 Å². The van der Waals surface area contributed by atoms with Crippen LogP contribution in [0.1, 0.15) is 30.6 Å². The molecule has 1 aromatic carbocycles. The van der Waals surface area contributed by atoms with Gasteiger partial charge in [-0.25, -0.2) is 4.79 Å². The average molecular weight is 285 g/mol. The first kappa shape index (κ1) is 15.3. The molecule has 0 bridgehead atoms. The van der Waals surface area contributed by atoms with Gasteiger partial charge in [-0.3, -0.25) is 4.79 Å². The molecule has 0 fully saturated rings. The van der Waals surface area contributed by atoms with Gasteiger partial charge in [0.05, 0.1) is 10.7 Å². The third-order valence-corrected chi connectivity index (χ3v) is 3.36. The Morgan fingerprint density at radius 3 is 2.58 bits per heavy atom. The topological polar surface area (TPSA) is 92.4 Å². The number of anilines is 1. The number of hydrogen-bond acceptors (Lipinski definition) is 3. The van der Waals surface area contributed by atoms with E-state index in [2.05, 4.69) is 5.32 Å². The average Bonchev–Trinajstić information content (AvgIpc) is 2.37. The highest BCUT2D eigenvalue weighted by Gasteiger charge is 2.25. The summed E-state index contributed by atoms with van der Waals surface area (Å²) in [5.74, 6) is -1.69. The minimum absolute atomic E-state index is 0.161. The molecule has 0 aliphatic carbocycles. The zero-order valence-corrected chi connectivity index (χ0v) is 11.6. The summed E-state index contributed by atoms with van der Waals surface area (Å²) in [6.07, 6.45) is 0.653. The minimum Gasteiger partial charge on any atom is -0.480 e. The smallest absolute Gasteiger partial charge is 0.326 e. The van der Waals surface area contributed by atoms with E-state index in [0.717, 1.165) is 0 Å². The fraction of sp³-hybridized carbons (Fsp3) is 0.385. The molecule has 1 amide bonds. The summed E-state index contributed by atoms with van der Waals surface area (Å²) in [6.45, 7) is 3.64. The van der Waals surface area contributed by atoms with Gasteiger partial charge < -0.3 is 16.2 Å². The molecule has 104 valence electrons. The van der Waals surface area contributed by atoms with Gasteiger partial charge in [0.2, 0.25) is 0 Å². The van der Waals surface area contributed by atoms with Crippen molar-refractivity contribution in [3.05, 3.63) is 28.8 Å². The summed E-state index contributed by atoms with van der Waals surface area (Å²) >= 11 is 5.83. The predicted octanol–water partition coefficient (Wildman–Crippen LogP) is 2.15. The molecule has 0 heterocycles. The number of carbonyl (C=O) groups is 2. The number of nitrogens with one attached hydrogen (secondary N) is 1. The Morgan fingerprint density at radius 1 is 1.47 bits per heavy atom. The van der Waals surface area contributed by atoms with Crippen molar-refractivity contribution in [2.24, 2.45) is 5.92 Å². The van der Waals surface area contributed by atoms with Gasteiger partial charge in [-0.15, -0.1) is 0 Å². The number of carbonyl (C=O) groups excluding carboxylic acids is 1. The van der Waals surface area contributed by atoms with Gasteiger partial charge in [0.15, 0.2) is 0 Å². The first-order chi connectivity index (χ1) is 8.86. The molecule has 0 saturated heterocycles. The van der Waals surface area contributed by atoms with E-state index < -0.39 is 17.9 Å². The van der Waals surface area contributed by atoms with Crippen LogP contribution in [0.2, 0.25) is 5.02 Å². The van der Waals surface area contributed by atoms with Crippen LogP contribution in [0.4, 0.5) is 5.69 Å². The van der Waals surface area contributed by atoms with Crippen LogP contribution < -0.4 is 11.1 Å². The van der Waals surface area contributed by atoms with E-state index in [4.69, 9.17) is 22.4 Å². The van der Waals surface area contributed by atoms with E-state index in [-0.39, 0.29) is 16.5 Å². The van der Waals surface area contributed by atoms with Crippen molar-refractivity contribution in [3.8, 4) is 0 Å². The summed E-state index contributed by atoms with van der Waals surface area (Å²) < 4.78 is 0. The second kappa shape index (κ2) is 6.43. The van der Waals surface area contributed by atoms with Gasteiger partial charge in [-0.2, -0.15) is 0 Å². The second-order valence-electron chi connectivity index (χ2n) is 4.41. The van der Waals surface area contributed by atoms with E-state index in [1.54, 1.807) is 6.92 Å². The van der Waals surface area contributed by atoms with Crippen LogP contribution >= 0.6 is 11.6 Å². The molecule has 0 spiro atoms. The number of carboxylic acids is 1. The van der Waals surface area contributed by atoms with Gasteiger partial charge in [-0.05, 0) is 24.1 Å². The molecular formula is C13H17ClN2O3. The molecule has 5 nitrogen and oxygen atoms in total. The van der Waals surface area contributed by atoms with Crippen molar-refractivity contribution in [3.63, 3.8) is 0 Å². The molecule has 6 heteroatoms. The standard InChI is InChI=1S/C13H17ClN2O3/c1-3-7(2)11(13(18)19)16-12(17)8-4-5-10(15)9(14)6-8/h4-7,11H,3,15H2,1-2H3,(H,16,17)(H,18,19)/t7-,11-/m0/s1. The molecule has 0 aliphatic heterocycles. The Morgan fingerprint density at radius 2 is 2.11 bits per heavy atom. The highest BCUT2D eigenvalue weighted by molar-refractivity contribution is 6.33. The normalized spacial score (nSPS) is 13.6. The molecule has 0 radical (unpaired) electrons. The Hall–Kier alpha value is -1.75. The van der Waals surface area contributed by atoms with Crippen LogP contribution in [-0.2, 0) is 4.79 Å². The van der Waals surface area contributed by atoms with E-state index in [0.29, 0.717) is 12.1 Å². The van der Waals surface area contributed by atoms with Crippen LogP contribution in [0.15, 0.2) is 18.2 Å². The molecule has 2 atom stereocenters. The SMILES string of the molecule is CC[C@H](C)[C@H](NC(=O)c1ccc(N)c(Cl)c1)C(=O)O. The lowest BCUT2D eigenvalue weighted by Crippen LogP contribution is -2.45. The maximum Gasteiger partial charge on any atom is 0.326 e. The summed E-state index contributed by atoms with van der Waals surface area (Å²) in [5, 5.41) is 11.9. The maximum absolute atomic E-state index is 12.0. The van der Waals surface area contributed by atoms with Crippen LogP contribution in [-0.4, -0.2) is 23.0 Å². The lowest BCUT2D eigenvalue weighted by Gasteiger charge is -2.20. The summed E-state index contributed by atoms with van der Waals surface area (Å²) in [7, 11) is 0. The van der Waals surface area contributed by atoms with Crippen LogP contribution in [0.25, 0.3) is 0 Å². The number of nitrogen functional groups attached to an aromatic ring is 1. The van der Waals surface area contributed by atoms with E-state index in [1.807, 2.05) is 6.92 Å². The van der Waals surface area contributed by atoms with Crippen LogP contribution in [0.5, 0.6) is 0 Å². The zero-order valence-electron chi connectivity index (χ0n) is 10.8. The number of aliphatic carboxylic acids is 1. The van der Waals surface area contributed by atoms with E-state index in [9.17, 15) is 9.59 Å². The highest BCUT2D eigenvalue weighted by atomic mass is 35.5. The quantitative estimate of drug-likeness (QED) is 0.722. The maximum atomic E-state index is 12.0. The fourth-order valence-electron chi connectivity index (χ4n) is 1.58. The van der Waals surface area contributed by atoms with Gasteiger partial charge in [0, 0.05) is 5.56 Å². The molecule has 0 aromatic heterocycles. The minimum atomic E-state index is -1.05. The predicted molar refractivity (Wildman–Crippen MR) is 74.2 cm³/mol. The third-order valence-electron chi connectivity index (χ3n) is 3.03. The monoisotopic (exact) mass is 284 g/mol. The number of halogens is 1. The summed E-state index contributed by atoms with van der Waals surface area (Å²) in [5.41, 5.74) is 6.21. The number of benzene rings is 1. The Balaban J connectivity index is 2.87. The van der Waals surface area contributed by atoms with Gasteiger partial charge >= 0.3 is 5.97 Å². The summed E-state index contributed by atoms with van der Waals surface area (Å²) in [6, 6.07) is 3.51. The van der Waals surface area contributed by atoms with Crippen molar-refractivity contribution < 1.29 is 14.7 Å².